The van der Waals surface area contributed by atoms with Crippen molar-refractivity contribution >= 4 is 5.91 Å². The van der Waals surface area contributed by atoms with Crippen molar-refractivity contribution in [2.24, 2.45) is 0 Å². The van der Waals surface area contributed by atoms with Crippen LogP contribution in [0.3, 0.4) is 0 Å². The minimum atomic E-state index is 0.317. The topological polar surface area (TPSA) is 36.0 Å². The first-order valence-corrected chi connectivity index (χ1v) is 7.10. The predicted molar refractivity (Wildman–Crippen MR) is 70.6 cm³/mol. The fourth-order valence-electron chi connectivity index (χ4n) is 2.55. The van der Waals surface area contributed by atoms with Gasteiger partial charge in [-0.15, -0.1) is 0 Å². The zero-order valence-corrected chi connectivity index (χ0v) is 11.4. The average molecular weight is 255 g/mol. The summed E-state index contributed by atoms with van der Waals surface area (Å²) in [5.74, 6) is 0.317. The second-order valence-electron chi connectivity index (χ2n) is 5.02. The van der Waals surface area contributed by atoms with Gasteiger partial charge in [-0.1, -0.05) is 6.92 Å². The van der Waals surface area contributed by atoms with Crippen LogP contribution in [0.1, 0.15) is 13.3 Å². The Kier molecular flexibility index (Phi) is 5.41. The van der Waals surface area contributed by atoms with E-state index in [1.165, 1.54) is 0 Å². The lowest BCUT2D eigenvalue weighted by molar-refractivity contribution is -0.133. The van der Waals surface area contributed by atoms with E-state index in [2.05, 4.69) is 16.7 Å². The molecule has 0 N–H and O–H groups in total. The lowest BCUT2D eigenvalue weighted by Crippen LogP contribution is -2.49. The van der Waals surface area contributed by atoms with Crippen LogP contribution in [0.25, 0.3) is 0 Å². The first-order chi connectivity index (χ1) is 8.79. The monoisotopic (exact) mass is 255 g/mol. The van der Waals surface area contributed by atoms with Crippen LogP contribution in [0, 0.1) is 0 Å². The van der Waals surface area contributed by atoms with Gasteiger partial charge in [0.25, 0.3) is 0 Å². The van der Waals surface area contributed by atoms with Crippen LogP contribution in [0.4, 0.5) is 0 Å². The molecule has 0 bridgehead atoms. The van der Waals surface area contributed by atoms with Gasteiger partial charge >= 0.3 is 0 Å². The first-order valence-electron chi connectivity index (χ1n) is 7.10. The summed E-state index contributed by atoms with van der Waals surface area (Å²) in [6, 6.07) is 0. The van der Waals surface area contributed by atoms with E-state index in [0.717, 1.165) is 65.6 Å². The van der Waals surface area contributed by atoms with Crippen LogP contribution in [0.2, 0.25) is 0 Å². The molecule has 2 rings (SSSR count). The number of carbonyl (C=O) groups is 1. The Morgan fingerprint density at radius 3 is 2.28 bits per heavy atom. The molecule has 5 nitrogen and oxygen atoms in total. The number of carbonyl (C=O) groups excluding carboxylic acids is 1. The number of hydrogen-bond acceptors (Lipinski definition) is 4. The van der Waals surface area contributed by atoms with Gasteiger partial charge < -0.3 is 14.5 Å². The fourth-order valence-corrected chi connectivity index (χ4v) is 2.55. The number of amides is 1. The van der Waals surface area contributed by atoms with Crippen molar-refractivity contribution in [3.8, 4) is 0 Å². The molecule has 2 fully saturated rings. The third-order valence-corrected chi connectivity index (χ3v) is 3.92. The van der Waals surface area contributed by atoms with Crippen molar-refractivity contribution in [2.45, 2.75) is 13.3 Å². The maximum absolute atomic E-state index is 12.1. The van der Waals surface area contributed by atoms with Gasteiger partial charge in [-0.25, -0.2) is 0 Å². The Morgan fingerprint density at radius 2 is 1.67 bits per heavy atom. The molecule has 18 heavy (non-hydrogen) atoms. The van der Waals surface area contributed by atoms with Crippen LogP contribution >= 0.6 is 0 Å². The van der Waals surface area contributed by atoms with Crippen molar-refractivity contribution in [3.63, 3.8) is 0 Å². The summed E-state index contributed by atoms with van der Waals surface area (Å²) >= 11 is 0. The molecule has 0 unspecified atom stereocenters. The molecule has 2 saturated heterocycles. The van der Waals surface area contributed by atoms with Gasteiger partial charge in [-0.2, -0.15) is 0 Å². The second-order valence-corrected chi connectivity index (χ2v) is 5.02. The van der Waals surface area contributed by atoms with Crippen molar-refractivity contribution in [1.29, 1.82) is 0 Å². The van der Waals surface area contributed by atoms with Crippen LogP contribution < -0.4 is 0 Å². The molecule has 5 heteroatoms. The molecular formula is C13H25N3O2. The first kappa shape index (κ1) is 13.8. The standard InChI is InChI=1S/C13H25N3O2/c1-2-14-5-7-16(8-6-14)13(17)3-4-15-9-11-18-12-10-15/h2-12H2,1H3. The van der Waals surface area contributed by atoms with Crippen LogP contribution in [-0.4, -0.2) is 86.2 Å². The van der Waals surface area contributed by atoms with E-state index in [1.807, 2.05) is 4.90 Å². The Hall–Kier alpha value is -0.650. The van der Waals surface area contributed by atoms with Gasteiger partial charge in [0, 0.05) is 52.2 Å². The van der Waals surface area contributed by atoms with E-state index >= 15 is 0 Å². The van der Waals surface area contributed by atoms with Crippen molar-refractivity contribution in [1.82, 2.24) is 14.7 Å². The molecule has 0 aromatic rings. The molecule has 0 radical (unpaired) electrons. The minimum absolute atomic E-state index is 0.317. The van der Waals surface area contributed by atoms with E-state index in [-0.39, 0.29) is 0 Å². The highest BCUT2D eigenvalue weighted by atomic mass is 16.5. The molecule has 0 aromatic heterocycles. The van der Waals surface area contributed by atoms with E-state index in [0.29, 0.717) is 12.3 Å². The Labute approximate surface area is 110 Å². The van der Waals surface area contributed by atoms with Gasteiger partial charge in [0.15, 0.2) is 0 Å². The largest absolute Gasteiger partial charge is 0.379 e. The molecule has 0 aromatic carbocycles. The van der Waals surface area contributed by atoms with Crippen molar-refractivity contribution < 1.29 is 9.53 Å². The summed E-state index contributed by atoms with van der Waals surface area (Å²) in [6.07, 6.45) is 0.659. The van der Waals surface area contributed by atoms with Gasteiger partial charge in [0.2, 0.25) is 5.91 Å². The highest BCUT2D eigenvalue weighted by molar-refractivity contribution is 5.76. The highest BCUT2D eigenvalue weighted by Crippen LogP contribution is 2.05. The number of ether oxygens (including phenoxy) is 1. The molecule has 0 atom stereocenters. The smallest absolute Gasteiger partial charge is 0.223 e. The molecule has 2 aliphatic heterocycles. The summed E-state index contributed by atoms with van der Waals surface area (Å²) in [5.41, 5.74) is 0. The zero-order chi connectivity index (χ0) is 12.8. The Balaban J connectivity index is 1.65. The molecule has 2 heterocycles. The maximum Gasteiger partial charge on any atom is 0.223 e. The summed E-state index contributed by atoms with van der Waals surface area (Å²) < 4.78 is 5.30. The number of hydrogen-bond donors (Lipinski definition) is 0. The molecule has 2 aliphatic rings. The average Bonchev–Trinajstić information content (AvgIpc) is 2.46. The van der Waals surface area contributed by atoms with Gasteiger partial charge in [0.05, 0.1) is 13.2 Å². The van der Waals surface area contributed by atoms with Gasteiger partial charge in [-0.3, -0.25) is 9.69 Å². The second kappa shape index (κ2) is 7.07. The summed E-state index contributed by atoms with van der Waals surface area (Å²) in [6.45, 7) is 11.6. The fraction of sp³-hybridized carbons (Fsp3) is 0.923. The van der Waals surface area contributed by atoms with E-state index in [1.54, 1.807) is 0 Å². The number of nitrogens with zero attached hydrogens (tertiary/aromatic N) is 3. The number of likely N-dealkylation sites (N-methyl/N-ethyl adjacent to an activating group) is 1. The third kappa shape index (κ3) is 3.93. The molecule has 0 spiro atoms. The normalized spacial score (nSPS) is 23.3. The van der Waals surface area contributed by atoms with Crippen LogP contribution in [0.5, 0.6) is 0 Å². The third-order valence-electron chi connectivity index (χ3n) is 3.92. The molecule has 0 aliphatic carbocycles. The Bertz CT molecular complexity index is 259. The highest BCUT2D eigenvalue weighted by Gasteiger charge is 2.20. The van der Waals surface area contributed by atoms with Crippen LogP contribution in [0.15, 0.2) is 0 Å². The molecule has 0 saturated carbocycles. The summed E-state index contributed by atoms with van der Waals surface area (Å²) in [7, 11) is 0. The van der Waals surface area contributed by atoms with Crippen molar-refractivity contribution in [2.75, 3.05) is 65.6 Å². The number of morpholine rings is 1. The van der Waals surface area contributed by atoms with Crippen LogP contribution in [-0.2, 0) is 9.53 Å². The van der Waals surface area contributed by atoms with Crippen molar-refractivity contribution in [3.05, 3.63) is 0 Å². The predicted octanol–water partition coefficient (Wildman–Crippen LogP) is -0.127. The lowest BCUT2D eigenvalue weighted by atomic mass is 10.2. The molecule has 104 valence electrons. The number of rotatable bonds is 4. The summed E-state index contributed by atoms with van der Waals surface area (Å²) in [4.78, 5) is 18.8. The van der Waals surface area contributed by atoms with Gasteiger partial charge in [0.1, 0.15) is 0 Å². The zero-order valence-electron chi connectivity index (χ0n) is 11.4. The SMILES string of the molecule is CCN1CCN(C(=O)CCN2CCOCC2)CC1. The number of piperazine rings is 1. The molecular weight excluding hydrogens is 230 g/mol. The van der Waals surface area contributed by atoms with E-state index in [4.69, 9.17) is 4.74 Å². The molecule has 1 amide bonds. The quantitative estimate of drug-likeness (QED) is 0.701. The van der Waals surface area contributed by atoms with Gasteiger partial charge in [-0.05, 0) is 6.54 Å². The lowest BCUT2D eigenvalue weighted by Gasteiger charge is -2.34. The summed E-state index contributed by atoms with van der Waals surface area (Å²) in [5, 5.41) is 0. The van der Waals surface area contributed by atoms with E-state index in [9.17, 15) is 4.79 Å². The minimum Gasteiger partial charge on any atom is -0.379 e. The Morgan fingerprint density at radius 1 is 1.00 bits per heavy atom. The van der Waals surface area contributed by atoms with E-state index < -0.39 is 0 Å². The maximum atomic E-state index is 12.1.